The van der Waals surface area contributed by atoms with Gasteiger partial charge in [-0.1, -0.05) is 18.2 Å². The van der Waals surface area contributed by atoms with Crippen molar-refractivity contribution in [3.63, 3.8) is 0 Å². The minimum Gasteiger partial charge on any atom is -0.345 e. The maximum Gasteiger partial charge on any atom is 0.244 e. The summed E-state index contributed by atoms with van der Waals surface area (Å²) in [5.41, 5.74) is 1.66. The molecule has 0 spiro atoms. The summed E-state index contributed by atoms with van der Waals surface area (Å²) in [5, 5.41) is 2.81. The number of nitrogens with one attached hydrogen (secondary N) is 1. The Labute approximate surface area is 122 Å². The van der Waals surface area contributed by atoms with Gasteiger partial charge in [0, 0.05) is 32.2 Å². The standard InChI is InChI=1S/C15H17N3O3/c1-17-7-11(6-14(17)20)15(21)18-8-10-4-2-3-5-12(10)16-13(19)9-18/h2-5,11H,6-9H2,1H3,(H,16,19). The molecule has 1 fully saturated rings. The summed E-state index contributed by atoms with van der Waals surface area (Å²) in [6.45, 7) is 0.849. The summed E-state index contributed by atoms with van der Waals surface area (Å²) in [7, 11) is 1.69. The molecule has 3 rings (SSSR count). The predicted molar refractivity (Wildman–Crippen MR) is 76.2 cm³/mol. The van der Waals surface area contributed by atoms with Crippen LogP contribution in [0.1, 0.15) is 12.0 Å². The number of para-hydroxylation sites is 1. The zero-order chi connectivity index (χ0) is 15.0. The second kappa shape index (κ2) is 5.20. The van der Waals surface area contributed by atoms with E-state index < -0.39 is 0 Å². The van der Waals surface area contributed by atoms with Crippen LogP contribution in [0.15, 0.2) is 24.3 Å². The average molecular weight is 287 g/mol. The number of nitrogens with zero attached hydrogens (tertiary/aromatic N) is 2. The molecule has 2 heterocycles. The molecule has 1 aromatic carbocycles. The maximum atomic E-state index is 12.6. The van der Waals surface area contributed by atoms with Crippen LogP contribution in [0, 0.1) is 5.92 Å². The fraction of sp³-hybridized carbons (Fsp3) is 0.400. The van der Waals surface area contributed by atoms with Crippen molar-refractivity contribution in [1.29, 1.82) is 0 Å². The zero-order valence-corrected chi connectivity index (χ0v) is 11.8. The van der Waals surface area contributed by atoms with E-state index in [1.54, 1.807) is 11.9 Å². The highest BCUT2D eigenvalue weighted by Crippen LogP contribution is 2.24. The van der Waals surface area contributed by atoms with Crippen molar-refractivity contribution in [2.24, 2.45) is 5.92 Å². The number of benzene rings is 1. The summed E-state index contributed by atoms with van der Waals surface area (Å²) in [6, 6.07) is 7.45. The Hall–Kier alpha value is -2.37. The van der Waals surface area contributed by atoms with Crippen molar-refractivity contribution in [3.05, 3.63) is 29.8 Å². The van der Waals surface area contributed by atoms with Gasteiger partial charge in [0.05, 0.1) is 5.92 Å². The molecule has 1 unspecified atom stereocenters. The Morgan fingerprint density at radius 3 is 2.71 bits per heavy atom. The first-order valence-electron chi connectivity index (χ1n) is 6.95. The lowest BCUT2D eigenvalue weighted by molar-refractivity contribution is -0.138. The third kappa shape index (κ3) is 2.61. The number of anilines is 1. The molecule has 21 heavy (non-hydrogen) atoms. The molecule has 6 nitrogen and oxygen atoms in total. The van der Waals surface area contributed by atoms with Crippen molar-refractivity contribution in [2.75, 3.05) is 25.5 Å². The molecule has 0 aliphatic carbocycles. The normalized spacial score (nSPS) is 21.9. The second-order valence-corrected chi connectivity index (χ2v) is 5.57. The molecule has 110 valence electrons. The average Bonchev–Trinajstić information content (AvgIpc) is 2.69. The first-order chi connectivity index (χ1) is 10.0. The highest BCUT2D eigenvalue weighted by atomic mass is 16.2. The third-order valence-electron chi connectivity index (χ3n) is 3.99. The third-order valence-corrected chi connectivity index (χ3v) is 3.99. The fourth-order valence-electron chi connectivity index (χ4n) is 2.85. The van der Waals surface area contributed by atoms with E-state index in [0.717, 1.165) is 11.3 Å². The van der Waals surface area contributed by atoms with Gasteiger partial charge in [0.2, 0.25) is 17.7 Å². The van der Waals surface area contributed by atoms with Gasteiger partial charge in [0.15, 0.2) is 0 Å². The second-order valence-electron chi connectivity index (χ2n) is 5.57. The lowest BCUT2D eigenvalue weighted by atomic mass is 10.1. The maximum absolute atomic E-state index is 12.6. The molecule has 0 aromatic heterocycles. The van der Waals surface area contributed by atoms with Crippen LogP contribution in [-0.2, 0) is 20.9 Å². The van der Waals surface area contributed by atoms with Gasteiger partial charge in [0.1, 0.15) is 6.54 Å². The molecule has 0 bridgehead atoms. The molecular weight excluding hydrogens is 270 g/mol. The van der Waals surface area contributed by atoms with E-state index in [2.05, 4.69) is 5.32 Å². The summed E-state index contributed by atoms with van der Waals surface area (Å²) in [4.78, 5) is 39.2. The van der Waals surface area contributed by atoms with E-state index >= 15 is 0 Å². The highest BCUT2D eigenvalue weighted by Gasteiger charge is 2.36. The molecule has 2 aliphatic rings. The van der Waals surface area contributed by atoms with Gasteiger partial charge in [0.25, 0.3) is 0 Å². The van der Waals surface area contributed by atoms with E-state index in [-0.39, 0.29) is 36.6 Å². The summed E-state index contributed by atoms with van der Waals surface area (Å²) in [5.74, 6) is -0.695. The highest BCUT2D eigenvalue weighted by molar-refractivity contribution is 5.97. The van der Waals surface area contributed by atoms with Gasteiger partial charge in [-0.05, 0) is 11.6 Å². The van der Waals surface area contributed by atoms with E-state index in [9.17, 15) is 14.4 Å². The lowest BCUT2D eigenvalue weighted by Crippen LogP contribution is -2.39. The largest absolute Gasteiger partial charge is 0.345 e. The Kier molecular flexibility index (Phi) is 3.37. The van der Waals surface area contributed by atoms with Gasteiger partial charge in [-0.25, -0.2) is 0 Å². The predicted octanol–water partition coefficient (Wildman–Crippen LogP) is 0.446. The SMILES string of the molecule is CN1CC(C(=O)N2CC(=O)Nc3ccccc3C2)CC1=O. The van der Waals surface area contributed by atoms with Crippen molar-refractivity contribution in [1.82, 2.24) is 9.80 Å². The van der Waals surface area contributed by atoms with Crippen LogP contribution in [-0.4, -0.2) is 47.7 Å². The monoisotopic (exact) mass is 287 g/mol. The van der Waals surface area contributed by atoms with Crippen LogP contribution in [0.2, 0.25) is 0 Å². The molecule has 1 saturated heterocycles. The van der Waals surface area contributed by atoms with Crippen LogP contribution in [0.3, 0.4) is 0 Å². The molecule has 0 saturated carbocycles. The first-order valence-corrected chi connectivity index (χ1v) is 6.95. The molecular formula is C15H17N3O3. The number of carbonyl (C=O) groups excluding carboxylic acids is 3. The molecule has 1 N–H and O–H groups in total. The Morgan fingerprint density at radius 2 is 2.00 bits per heavy atom. The van der Waals surface area contributed by atoms with Gasteiger partial charge in [-0.2, -0.15) is 0 Å². The first kappa shape index (κ1) is 13.6. The minimum absolute atomic E-state index is 0.0203. The van der Waals surface area contributed by atoms with Crippen LogP contribution in [0.25, 0.3) is 0 Å². The molecule has 0 radical (unpaired) electrons. The van der Waals surface area contributed by atoms with Crippen LogP contribution in [0.4, 0.5) is 5.69 Å². The Bertz CT molecular complexity index is 614. The van der Waals surface area contributed by atoms with Gasteiger partial charge < -0.3 is 15.1 Å². The summed E-state index contributed by atoms with van der Waals surface area (Å²) >= 11 is 0. The number of amides is 3. The number of rotatable bonds is 1. The van der Waals surface area contributed by atoms with Gasteiger partial charge in [-0.15, -0.1) is 0 Å². The van der Waals surface area contributed by atoms with Crippen molar-refractivity contribution < 1.29 is 14.4 Å². The smallest absolute Gasteiger partial charge is 0.244 e. The van der Waals surface area contributed by atoms with Gasteiger partial charge >= 0.3 is 0 Å². The Balaban J connectivity index is 1.81. The van der Waals surface area contributed by atoms with E-state index in [1.807, 2.05) is 24.3 Å². The molecule has 1 atom stereocenters. The molecule has 2 aliphatic heterocycles. The number of carbonyl (C=O) groups is 3. The van der Waals surface area contributed by atoms with E-state index in [0.29, 0.717) is 13.1 Å². The number of likely N-dealkylation sites (tertiary alicyclic amines) is 1. The number of hydrogen-bond acceptors (Lipinski definition) is 3. The van der Waals surface area contributed by atoms with Gasteiger partial charge in [-0.3, -0.25) is 14.4 Å². The topological polar surface area (TPSA) is 69.7 Å². The number of hydrogen-bond donors (Lipinski definition) is 1. The lowest BCUT2D eigenvalue weighted by Gasteiger charge is -2.22. The molecule has 1 aromatic rings. The molecule has 3 amide bonds. The van der Waals surface area contributed by atoms with E-state index in [1.165, 1.54) is 4.90 Å². The van der Waals surface area contributed by atoms with Crippen LogP contribution >= 0.6 is 0 Å². The minimum atomic E-state index is -0.347. The zero-order valence-electron chi connectivity index (χ0n) is 11.8. The fourth-order valence-corrected chi connectivity index (χ4v) is 2.85. The quantitative estimate of drug-likeness (QED) is 0.815. The van der Waals surface area contributed by atoms with Crippen molar-refractivity contribution in [3.8, 4) is 0 Å². The molecule has 6 heteroatoms. The van der Waals surface area contributed by atoms with Crippen LogP contribution in [0.5, 0.6) is 0 Å². The van der Waals surface area contributed by atoms with E-state index in [4.69, 9.17) is 0 Å². The Morgan fingerprint density at radius 1 is 1.24 bits per heavy atom. The summed E-state index contributed by atoms with van der Waals surface area (Å²) in [6.07, 6.45) is 0.231. The van der Waals surface area contributed by atoms with Crippen LogP contribution < -0.4 is 5.32 Å². The number of fused-ring (bicyclic) bond motifs is 1. The summed E-state index contributed by atoms with van der Waals surface area (Å²) < 4.78 is 0. The van der Waals surface area contributed by atoms with Crippen molar-refractivity contribution in [2.45, 2.75) is 13.0 Å². The van der Waals surface area contributed by atoms with Crippen molar-refractivity contribution >= 4 is 23.4 Å².